The normalized spacial score (nSPS) is 11.3. The maximum atomic E-state index is 11.6. The molecule has 1 N–H and O–H groups in total. The lowest BCUT2D eigenvalue weighted by Gasteiger charge is -2.04. The van der Waals surface area contributed by atoms with Gasteiger partial charge in [0.15, 0.2) is 0 Å². The fourth-order valence-electron chi connectivity index (χ4n) is 2.44. The molecule has 1 aliphatic rings. The molecule has 0 atom stereocenters. The Balaban J connectivity index is 1.47. The molecule has 2 aromatic carbocycles. The van der Waals surface area contributed by atoms with Gasteiger partial charge in [-0.15, -0.1) is 0 Å². The van der Waals surface area contributed by atoms with Gasteiger partial charge in [-0.1, -0.05) is 66.5 Å². The van der Waals surface area contributed by atoms with Gasteiger partial charge >= 0.3 is 6.09 Å². The Bertz CT molecular complexity index is 782. The molecule has 0 spiro atoms. The molecule has 0 aromatic heterocycles. The molecule has 2 aromatic rings. The van der Waals surface area contributed by atoms with E-state index >= 15 is 0 Å². The van der Waals surface area contributed by atoms with Crippen LogP contribution < -0.4 is 5.32 Å². The molecule has 0 unspecified atom stereocenters. The van der Waals surface area contributed by atoms with E-state index < -0.39 is 6.09 Å². The van der Waals surface area contributed by atoms with Crippen LogP contribution in [0.2, 0.25) is 0 Å². The van der Waals surface area contributed by atoms with Gasteiger partial charge in [0.1, 0.15) is 6.61 Å². The molecule has 23 heavy (non-hydrogen) atoms. The van der Waals surface area contributed by atoms with Crippen molar-refractivity contribution in [1.82, 2.24) is 5.32 Å². The van der Waals surface area contributed by atoms with E-state index in [1.165, 1.54) is 11.1 Å². The van der Waals surface area contributed by atoms with Gasteiger partial charge < -0.3 is 10.1 Å². The molecule has 3 nitrogen and oxygen atoms in total. The molecule has 114 valence electrons. The zero-order valence-corrected chi connectivity index (χ0v) is 12.7. The highest BCUT2D eigenvalue weighted by Crippen LogP contribution is 2.22. The molecule has 1 aliphatic carbocycles. The first-order chi connectivity index (χ1) is 11.3. The predicted molar refractivity (Wildman–Crippen MR) is 90.7 cm³/mol. The molecule has 0 saturated heterocycles. The van der Waals surface area contributed by atoms with Crippen LogP contribution in [0.4, 0.5) is 4.79 Å². The fraction of sp³-hybridized carbons (Fsp3) is 0.150. The lowest BCUT2D eigenvalue weighted by Crippen LogP contribution is -2.24. The molecule has 1 amide bonds. The highest BCUT2D eigenvalue weighted by atomic mass is 16.5. The van der Waals surface area contributed by atoms with Gasteiger partial charge in [-0.2, -0.15) is 0 Å². The van der Waals surface area contributed by atoms with Gasteiger partial charge in [-0.3, -0.25) is 0 Å². The zero-order valence-electron chi connectivity index (χ0n) is 12.7. The molecule has 0 aliphatic heterocycles. The van der Waals surface area contributed by atoms with Crippen LogP contribution in [0.3, 0.4) is 0 Å². The maximum absolute atomic E-state index is 11.6. The smallest absolute Gasteiger partial charge is 0.408 e. The number of hydrogen-bond donors (Lipinski definition) is 1. The van der Waals surface area contributed by atoms with Crippen molar-refractivity contribution in [2.45, 2.75) is 13.0 Å². The number of rotatable bonds is 3. The second kappa shape index (κ2) is 7.33. The fourth-order valence-corrected chi connectivity index (χ4v) is 2.44. The number of nitrogens with one attached hydrogen (secondary N) is 1. The molecule has 0 radical (unpaired) electrons. The second-order valence-corrected chi connectivity index (χ2v) is 5.20. The molecule has 0 bridgehead atoms. The van der Waals surface area contributed by atoms with E-state index in [2.05, 4.69) is 35.4 Å². The van der Waals surface area contributed by atoms with Gasteiger partial charge in [0.25, 0.3) is 0 Å². The SMILES string of the molecule is O=C(NCC#Cc1cccc2c1CC=C2)OCc1ccccc1. The van der Waals surface area contributed by atoms with E-state index in [0.29, 0.717) is 0 Å². The Morgan fingerprint density at radius 1 is 1.13 bits per heavy atom. The van der Waals surface area contributed by atoms with E-state index in [0.717, 1.165) is 17.5 Å². The van der Waals surface area contributed by atoms with Crippen LogP contribution in [0.1, 0.15) is 22.3 Å². The number of hydrogen-bond acceptors (Lipinski definition) is 2. The molecule has 3 heteroatoms. The minimum Gasteiger partial charge on any atom is -0.445 e. The molecule has 0 saturated carbocycles. The summed E-state index contributed by atoms with van der Waals surface area (Å²) in [4.78, 5) is 11.6. The zero-order chi connectivity index (χ0) is 15.9. The van der Waals surface area contributed by atoms with Crippen molar-refractivity contribution in [2.75, 3.05) is 6.54 Å². The first kappa shape index (κ1) is 14.9. The van der Waals surface area contributed by atoms with Gasteiger partial charge in [0, 0.05) is 5.56 Å². The van der Waals surface area contributed by atoms with Crippen molar-refractivity contribution < 1.29 is 9.53 Å². The maximum Gasteiger partial charge on any atom is 0.408 e. The predicted octanol–water partition coefficient (Wildman–Crippen LogP) is 3.53. The summed E-state index contributed by atoms with van der Waals surface area (Å²) in [5.74, 6) is 6.08. The van der Waals surface area contributed by atoms with Crippen LogP contribution in [0.5, 0.6) is 0 Å². The second-order valence-electron chi connectivity index (χ2n) is 5.20. The quantitative estimate of drug-likeness (QED) is 0.881. The number of ether oxygens (including phenoxy) is 1. The number of alkyl carbamates (subject to hydrolysis) is 1. The number of carbonyl (C=O) groups is 1. The third-order valence-corrected chi connectivity index (χ3v) is 3.59. The lowest BCUT2D eigenvalue weighted by molar-refractivity contribution is 0.141. The van der Waals surface area contributed by atoms with E-state index in [4.69, 9.17) is 4.74 Å². The van der Waals surface area contributed by atoms with Crippen molar-refractivity contribution in [2.24, 2.45) is 0 Å². The summed E-state index contributed by atoms with van der Waals surface area (Å²) < 4.78 is 5.13. The minimum absolute atomic E-state index is 0.262. The number of allylic oxidation sites excluding steroid dienone is 1. The summed E-state index contributed by atoms with van der Waals surface area (Å²) in [5.41, 5.74) is 4.46. The lowest BCUT2D eigenvalue weighted by atomic mass is 10.0. The topological polar surface area (TPSA) is 38.3 Å². The Hall–Kier alpha value is -2.99. The van der Waals surface area contributed by atoms with Crippen LogP contribution in [0.15, 0.2) is 54.6 Å². The Labute approximate surface area is 136 Å². The highest BCUT2D eigenvalue weighted by Gasteiger charge is 2.07. The van der Waals surface area contributed by atoms with Crippen LogP contribution in [0.25, 0.3) is 6.08 Å². The molecule has 0 fully saturated rings. The van der Waals surface area contributed by atoms with Crippen molar-refractivity contribution in [3.05, 3.63) is 76.9 Å². The van der Waals surface area contributed by atoms with E-state index in [-0.39, 0.29) is 13.2 Å². The number of carbonyl (C=O) groups excluding carboxylic acids is 1. The van der Waals surface area contributed by atoms with Crippen molar-refractivity contribution >= 4 is 12.2 Å². The Morgan fingerprint density at radius 2 is 2.00 bits per heavy atom. The summed E-state index contributed by atoms with van der Waals surface area (Å²) in [5, 5.41) is 2.64. The summed E-state index contributed by atoms with van der Waals surface area (Å²) >= 11 is 0. The van der Waals surface area contributed by atoms with Gasteiger partial charge in [0.05, 0.1) is 6.54 Å². The number of fused-ring (bicyclic) bond motifs is 1. The van der Waals surface area contributed by atoms with Crippen LogP contribution in [0, 0.1) is 11.8 Å². The van der Waals surface area contributed by atoms with Crippen molar-refractivity contribution in [3.8, 4) is 11.8 Å². The average Bonchev–Trinajstić information content (AvgIpc) is 3.07. The molecule has 0 heterocycles. The number of amides is 1. The van der Waals surface area contributed by atoms with E-state index in [1.54, 1.807) is 0 Å². The summed E-state index contributed by atoms with van der Waals surface area (Å²) in [6.07, 6.45) is 4.71. The number of benzene rings is 2. The van der Waals surface area contributed by atoms with Gasteiger partial charge in [0.2, 0.25) is 0 Å². The summed E-state index contributed by atoms with van der Waals surface area (Å²) in [6, 6.07) is 15.7. The third-order valence-electron chi connectivity index (χ3n) is 3.59. The van der Waals surface area contributed by atoms with Crippen LogP contribution >= 0.6 is 0 Å². The largest absolute Gasteiger partial charge is 0.445 e. The Morgan fingerprint density at radius 3 is 2.87 bits per heavy atom. The molecule has 3 rings (SSSR count). The van der Waals surface area contributed by atoms with E-state index in [9.17, 15) is 4.79 Å². The first-order valence-electron chi connectivity index (χ1n) is 7.55. The first-order valence-corrected chi connectivity index (χ1v) is 7.55. The van der Waals surface area contributed by atoms with Crippen LogP contribution in [-0.2, 0) is 17.8 Å². The summed E-state index contributed by atoms with van der Waals surface area (Å²) in [6.45, 7) is 0.530. The monoisotopic (exact) mass is 303 g/mol. The summed E-state index contributed by atoms with van der Waals surface area (Å²) in [7, 11) is 0. The van der Waals surface area contributed by atoms with Crippen LogP contribution in [-0.4, -0.2) is 12.6 Å². The average molecular weight is 303 g/mol. The van der Waals surface area contributed by atoms with Gasteiger partial charge in [-0.05, 0) is 29.2 Å². The molecular formula is C20H17NO2. The van der Waals surface area contributed by atoms with Gasteiger partial charge in [-0.25, -0.2) is 4.79 Å². The third kappa shape index (κ3) is 4.02. The standard InChI is InChI=1S/C20H17NO2/c22-20(23-15-16-7-2-1-3-8-16)21-14-6-12-18-10-4-9-17-11-5-13-19(17)18/h1-5,7-11H,13-15H2,(H,21,22). The van der Waals surface area contributed by atoms with Crippen molar-refractivity contribution in [3.63, 3.8) is 0 Å². The Kier molecular flexibility index (Phi) is 4.76. The van der Waals surface area contributed by atoms with E-state index in [1.807, 2.05) is 42.5 Å². The molecular weight excluding hydrogens is 286 g/mol. The minimum atomic E-state index is -0.455. The highest BCUT2D eigenvalue weighted by molar-refractivity contribution is 5.68. The van der Waals surface area contributed by atoms with Crippen molar-refractivity contribution in [1.29, 1.82) is 0 Å².